The van der Waals surface area contributed by atoms with Crippen molar-refractivity contribution in [2.45, 2.75) is 32.5 Å². The number of hydrogen-bond acceptors (Lipinski definition) is 5. The summed E-state index contributed by atoms with van der Waals surface area (Å²) >= 11 is 9.39. The molecule has 0 N–H and O–H groups in total. The highest BCUT2D eigenvalue weighted by Crippen LogP contribution is 2.31. The van der Waals surface area contributed by atoms with E-state index in [2.05, 4.69) is 25.9 Å². The minimum absolute atomic E-state index is 0.120. The maximum atomic E-state index is 11.9. The number of amides is 1. The average Bonchev–Trinajstić information content (AvgIpc) is 2.42. The molecule has 0 spiro atoms. The molecule has 0 atom stereocenters. The summed E-state index contributed by atoms with van der Waals surface area (Å²) in [6.07, 6.45) is 2.85. The number of ether oxygens (including phenoxy) is 2. The zero-order valence-electron chi connectivity index (χ0n) is 13.5. The second kappa shape index (κ2) is 6.37. The molecule has 1 saturated heterocycles. The zero-order chi connectivity index (χ0) is 17.5. The number of hydrogen-bond donors (Lipinski definition) is 0. The predicted molar refractivity (Wildman–Crippen MR) is 94.5 cm³/mol. The van der Waals surface area contributed by atoms with E-state index in [-0.39, 0.29) is 12.2 Å². The Labute approximate surface area is 153 Å². The van der Waals surface area contributed by atoms with E-state index in [1.807, 2.05) is 20.8 Å². The minimum atomic E-state index is -0.503. The first kappa shape index (κ1) is 17.2. The van der Waals surface area contributed by atoms with E-state index in [1.54, 1.807) is 23.4 Å². The van der Waals surface area contributed by atoms with Gasteiger partial charge in [-0.1, -0.05) is 11.6 Å². The minimum Gasteiger partial charge on any atom is -0.470 e. The largest absolute Gasteiger partial charge is 0.470 e. The number of carbonyl (C=O) groups excluding carboxylic acids is 1. The number of nitrogens with zero attached hydrogens (tertiary/aromatic N) is 3. The van der Waals surface area contributed by atoms with Crippen LogP contribution in [0.4, 0.5) is 4.79 Å². The molecule has 1 aliphatic heterocycles. The summed E-state index contributed by atoms with van der Waals surface area (Å²) in [5, 5.41) is 2.05. The van der Waals surface area contributed by atoms with E-state index >= 15 is 0 Å². The van der Waals surface area contributed by atoms with Crippen molar-refractivity contribution in [3.05, 3.63) is 28.1 Å². The Morgan fingerprint density at radius 1 is 1.29 bits per heavy atom. The molecule has 1 aliphatic rings. The maximum Gasteiger partial charge on any atom is 0.410 e. The molecular weight excluding hydrogens is 398 g/mol. The van der Waals surface area contributed by atoms with E-state index in [0.717, 1.165) is 15.2 Å². The first-order valence-corrected chi connectivity index (χ1v) is 8.64. The van der Waals surface area contributed by atoms with E-state index < -0.39 is 5.60 Å². The molecule has 2 aromatic heterocycles. The van der Waals surface area contributed by atoms with Gasteiger partial charge in [-0.3, -0.25) is 0 Å². The standard InChI is InChI=1S/C16H17BrClN3O3/c1-16(2,3)24-15(22)21-7-9(8-21)23-14-11-5-19-13(18)4-10(11)12(17)6-20-14/h4-6,9H,7-8H2,1-3H3. The fourth-order valence-corrected chi connectivity index (χ4v) is 2.88. The van der Waals surface area contributed by atoms with Crippen LogP contribution in [0.3, 0.4) is 0 Å². The molecule has 0 unspecified atom stereocenters. The summed E-state index contributed by atoms with van der Waals surface area (Å²) in [4.78, 5) is 21.9. The summed E-state index contributed by atoms with van der Waals surface area (Å²) in [6, 6.07) is 1.75. The van der Waals surface area contributed by atoms with E-state index in [4.69, 9.17) is 21.1 Å². The van der Waals surface area contributed by atoms with Gasteiger partial charge in [0.05, 0.1) is 18.5 Å². The summed E-state index contributed by atoms with van der Waals surface area (Å²) < 4.78 is 12.0. The van der Waals surface area contributed by atoms with Crippen LogP contribution < -0.4 is 4.74 Å². The normalized spacial score (nSPS) is 15.3. The van der Waals surface area contributed by atoms with Crippen LogP contribution in [0.2, 0.25) is 5.15 Å². The lowest BCUT2D eigenvalue weighted by Gasteiger charge is -2.39. The Bertz CT molecular complexity index is 788. The molecule has 0 bridgehead atoms. The fourth-order valence-electron chi connectivity index (χ4n) is 2.29. The number of fused-ring (bicyclic) bond motifs is 1. The number of pyridine rings is 2. The third-order valence-corrected chi connectivity index (χ3v) is 4.27. The van der Waals surface area contributed by atoms with Crippen molar-refractivity contribution < 1.29 is 14.3 Å². The summed E-state index contributed by atoms with van der Waals surface area (Å²) in [7, 11) is 0. The monoisotopic (exact) mass is 413 g/mol. The second-order valence-corrected chi connectivity index (χ2v) is 7.83. The molecule has 1 fully saturated rings. The summed E-state index contributed by atoms with van der Waals surface area (Å²) in [6.45, 7) is 6.46. The summed E-state index contributed by atoms with van der Waals surface area (Å²) in [5.41, 5.74) is -0.503. The molecule has 8 heteroatoms. The number of carbonyl (C=O) groups is 1. The molecule has 0 aliphatic carbocycles. The van der Waals surface area contributed by atoms with Gasteiger partial charge in [0, 0.05) is 22.3 Å². The van der Waals surface area contributed by atoms with Crippen LogP contribution in [0.25, 0.3) is 10.8 Å². The highest BCUT2D eigenvalue weighted by atomic mass is 79.9. The lowest BCUT2D eigenvalue weighted by atomic mass is 10.1. The molecule has 3 heterocycles. The van der Waals surface area contributed by atoms with Crippen LogP contribution in [-0.2, 0) is 4.74 Å². The van der Waals surface area contributed by atoms with Gasteiger partial charge in [0.1, 0.15) is 16.9 Å². The third-order valence-electron chi connectivity index (χ3n) is 3.43. The van der Waals surface area contributed by atoms with Gasteiger partial charge in [0.15, 0.2) is 0 Å². The highest BCUT2D eigenvalue weighted by molar-refractivity contribution is 9.10. The van der Waals surface area contributed by atoms with Crippen molar-refractivity contribution in [1.29, 1.82) is 0 Å². The van der Waals surface area contributed by atoms with Gasteiger partial charge >= 0.3 is 6.09 Å². The Balaban J connectivity index is 1.68. The third kappa shape index (κ3) is 3.72. The SMILES string of the molecule is CC(C)(C)OC(=O)N1CC(Oc2ncc(Br)c3cc(Cl)ncc23)C1. The Kier molecular flexibility index (Phi) is 4.57. The lowest BCUT2D eigenvalue weighted by Crippen LogP contribution is -2.57. The van der Waals surface area contributed by atoms with Crippen LogP contribution in [0.15, 0.2) is 22.9 Å². The smallest absolute Gasteiger partial charge is 0.410 e. The van der Waals surface area contributed by atoms with Crippen molar-refractivity contribution in [3.63, 3.8) is 0 Å². The van der Waals surface area contributed by atoms with E-state index in [0.29, 0.717) is 24.1 Å². The van der Waals surface area contributed by atoms with Crippen LogP contribution >= 0.6 is 27.5 Å². The molecule has 2 aromatic rings. The number of halogens is 2. The van der Waals surface area contributed by atoms with Crippen molar-refractivity contribution in [3.8, 4) is 5.88 Å². The quantitative estimate of drug-likeness (QED) is 0.694. The first-order valence-electron chi connectivity index (χ1n) is 7.47. The molecule has 1 amide bonds. The molecule has 0 radical (unpaired) electrons. The lowest BCUT2D eigenvalue weighted by molar-refractivity contribution is -0.0228. The number of likely N-dealkylation sites (tertiary alicyclic amines) is 1. The van der Waals surface area contributed by atoms with Crippen LogP contribution in [0.5, 0.6) is 5.88 Å². The van der Waals surface area contributed by atoms with Gasteiger partial charge in [0.25, 0.3) is 0 Å². The van der Waals surface area contributed by atoms with Gasteiger partial charge in [-0.2, -0.15) is 0 Å². The Hall–Kier alpha value is -1.60. The van der Waals surface area contributed by atoms with Crippen LogP contribution in [-0.4, -0.2) is 45.8 Å². The second-order valence-electron chi connectivity index (χ2n) is 6.59. The summed E-state index contributed by atoms with van der Waals surface area (Å²) in [5.74, 6) is 0.478. The molecule has 6 nitrogen and oxygen atoms in total. The van der Waals surface area contributed by atoms with Gasteiger partial charge in [-0.15, -0.1) is 0 Å². The van der Waals surface area contributed by atoms with Gasteiger partial charge in [-0.25, -0.2) is 14.8 Å². The zero-order valence-corrected chi connectivity index (χ0v) is 15.9. The molecule has 24 heavy (non-hydrogen) atoms. The first-order chi connectivity index (χ1) is 11.2. The number of rotatable bonds is 2. The number of aromatic nitrogens is 2. The molecule has 128 valence electrons. The molecule has 0 aromatic carbocycles. The molecule has 3 rings (SSSR count). The van der Waals surface area contributed by atoms with Crippen molar-refractivity contribution in [2.75, 3.05) is 13.1 Å². The Morgan fingerprint density at radius 3 is 2.67 bits per heavy atom. The van der Waals surface area contributed by atoms with Gasteiger partial charge < -0.3 is 14.4 Å². The van der Waals surface area contributed by atoms with Crippen LogP contribution in [0.1, 0.15) is 20.8 Å². The maximum absolute atomic E-state index is 11.9. The fraction of sp³-hybridized carbons (Fsp3) is 0.438. The van der Waals surface area contributed by atoms with E-state index in [9.17, 15) is 4.79 Å². The molecule has 0 saturated carbocycles. The topological polar surface area (TPSA) is 64.5 Å². The van der Waals surface area contributed by atoms with Crippen molar-refractivity contribution >= 4 is 44.4 Å². The van der Waals surface area contributed by atoms with Gasteiger partial charge in [0.2, 0.25) is 5.88 Å². The Morgan fingerprint density at radius 2 is 2.00 bits per heavy atom. The molecular formula is C16H17BrClN3O3. The van der Waals surface area contributed by atoms with Crippen molar-refractivity contribution in [1.82, 2.24) is 14.9 Å². The predicted octanol–water partition coefficient (Wildman–Crippen LogP) is 4.04. The van der Waals surface area contributed by atoms with E-state index in [1.165, 1.54) is 0 Å². The van der Waals surface area contributed by atoms with Crippen LogP contribution in [0, 0.1) is 0 Å². The van der Waals surface area contributed by atoms with Gasteiger partial charge in [-0.05, 0) is 42.8 Å². The highest BCUT2D eigenvalue weighted by Gasteiger charge is 2.35. The average molecular weight is 415 g/mol. The van der Waals surface area contributed by atoms with Crippen molar-refractivity contribution in [2.24, 2.45) is 0 Å².